The lowest BCUT2D eigenvalue weighted by atomic mass is 10.1. The number of carbonyl (C=O) groups excluding carboxylic acids is 1. The Morgan fingerprint density at radius 1 is 1.31 bits per heavy atom. The van der Waals surface area contributed by atoms with Gasteiger partial charge >= 0.3 is 0 Å². The van der Waals surface area contributed by atoms with Crippen molar-refractivity contribution in [3.8, 4) is 0 Å². The average Bonchev–Trinajstić information content (AvgIpc) is 3.11. The highest BCUT2D eigenvalue weighted by Gasteiger charge is 2.29. The highest BCUT2D eigenvalue weighted by molar-refractivity contribution is 8.00. The predicted molar refractivity (Wildman–Crippen MR) is 102 cm³/mol. The number of rotatable bonds is 6. The molecule has 1 aromatic heterocycles. The Bertz CT molecular complexity index is 904. The van der Waals surface area contributed by atoms with E-state index >= 15 is 0 Å². The van der Waals surface area contributed by atoms with Gasteiger partial charge < -0.3 is 4.57 Å². The van der Waals surface area contributed by atoms with Crippen molar-refractivity contribution in [1.82, 2.24) is 14.8 Å². The molecular formula is C18H23N3O3S2. The number of carbonyl (C=O) groups is 1. The molecule has 3 rings (SSSR count). The Morgan fingerprint density at radius 3 is 2.62 bits per heavy atom. The molecule has 0 amide bonds. The van der Waals surface area contributed by atoms with Crippen LogP contribution in [0.5, 0.6) is 0 Å². The van der Waals surface area contributed by atoms with Gasteiger partial charge in [0.2, 0.25) is 0 Å². The fourth-order valence-electron chi connectivity index (χ4n) is 3.08. The van der Waals surface area contributed by atoms with Gasteiger partial charge in [0, 0.05) is 19.0 Å². The van der Waals surface area contributed by atoms with E-state index in [1.807, 2.05) is 49.7 Å². The minimum Gasteiger partial charge on any atom is -0.309 e. The minimum absolute atomic E-state index is 0.0569. The maximum atomic E-state index is 12.6. The fourth-order valence-corrected chi connectivity index (χ4v) is 5.85. The van der Waals surface area contributed by atoms with Crippen LogP contribution in [0.2, 0.25) is 0 Å². The van der Waals surface area contributed by atoms with Gasteiger partial charge in [-0.25, -0.2) is 8.42 Å². The smallest absolute Gasteiger partial charge is 0.191 e. The van der Waals surface area contributed by atoms with Crippen molar-refractivity contribution in [2.75, 3.05) is 11.5 Å². The molecule has 0 aliphatic carbocycles. The fraction of sp³-hybridized carbons (Fsp3) is 0.500. The second-order valence-corrected chi connectivity index (χ2v) is 10.5. The van der Waals surface area contributed by atoms with E-state index in [1.54, 1.807) is 0 Å². The van der Waals surface area contributed by atoms with E-state index in [1.165, 1.54) is 11.8 Å². The molecule has 140 valence electrons. The number of benzene rings is 1. The van der Waals surface area contributed by atoms with Crippen LogP contribution in [0.25, 0.3) is 0 Å². The van der Waals surface area contributed by atoms with Crippen LogP contribution in [0.1, 0.15) is 35.1 Å². The van der Waals surface area contributed by atoms with Gasteiger partial charge in [0.05, 0.1) is 16.8 Å². The molecule has 6 nitrogen and oxygen atoms in total. The van der Waals surface area contributed by atoms with Crippen molar-refractivity contribution in [2.24, 2.45) is 13.0 Å². The summed E-state index contributed by atoms with van der Waals surface area (Å²) < 4.78 is 25.1. The van der Waals surface area contributed by atoms with E-state index < -0.39 is 9.84 Å². The first-order valence-corrected chi connectivity index (χ1v) is 11.3. The molecule has 0 N–H and O–H groups in total. The van der Waals surface area contributed by atoms with Crippen molar-refractivity contribution < 1.29 is 13.2 Å². The molecule has 26 heavy (non-hydrogen) atoms. The molecule has 2 unspecified atom stereocenters. The van der Waals surface area contributed by atoms with Gasteiger partial charge in [-0.3, -0.25) is 4.79 Å². The molecule has 1 fully saturated rings. The van der Waals surface area contributed by atoms with Crippen LogP contribution < -0.4 is 0 Å². The summed E-state index contributed by atoms with van der Waals surface area (Å²) in [4.78, 5) is 12.6. The summed E-state index contributed by atoms with van der Waals surface area (Å²) in [6.07, 6.45) is 1.28. The molecule has 2 aromatic rings. The predicted octanol–water partition coefficient (Wildman–Crippen LogP) is 2.46. The largest absolute Gasteiger partial charge is 0.309 e. The lowest BCUT2D eigenvalue weighted by Crippen LogP contribution is -2.15. The summed E-state index contributed by atoms with van der Waals surface area (Å²) >= 11 is 1.38. The van der Waals surface area contributed by atoms with Crippen LogP contribution in [0.4, 0.5) is 0 Å². The number of nitrogens with zero attached hydrogens (tertiary/aromatic N) is 3. The summed E-state index contributed by atoms with van der Waals surface area (Å²) in [5.41, 5.74) is 1.81. The summed E-state index contributed by atoms with van der Waals surface area (Å²) in [5.74, 6) is 1.42. The lowest BCUT2D eigenvalue weighted by Gasteiger charge is -2.11. The normalized spacial score (nSPS) is 20.2. The van der Waals surface area contributed by atoms with Gasteiger partial charge in [-0.1, -0.05) is 41.6 Å². The first kappa shape index (κ1) is 19.1. The van der Waals surface area contributed by atoms with Gasteiger partial charge in [0.15, 0.2) is 20.8 Å². The molecule has 0 spiro atoms. The van der Waals surface area contributed by atoms with Crippen molar-refractivity contribution in [3.63, 3.8) is 0 Å². The van der Waals surface area contributed by atoms with E-state index in [4.69, 9.17) is 0 Å². The van der Waals surface area contributed by atoms with E-state index in [0.29, 0.717) is 23.6 Å². The second kappa shape index (κ2) is 7.52. The van der Waals surface area contributed by atoms with E-state index in [-0.39, 0.29) is 28.5 Å². The third kappa shape index (κ3) is 4.35. The number of aryl methyl sites for hydroxylation is 1. The van der Waals surface area contributed by atoms with Crippen LogP contribution in [-0.2, 0) is 23.3 Å². The van der Waals surface area contributed by atoms with Crippen LogP contribution in [0.15, 0.2) is 29.4 Å². The zero-order valence-electron chi connectivity index (χ0n) is 15.2. The molecule has 1 aromatic carbocycles. The molecule has 1 aliphatic rings. The van der Waals surface area contributed by atoms with Crippen LogP contribution in [0.3, 0.4) is 0 Å². The van der Waals surface area contributed by atoms with Crippen LogP contribution >= 0.6 is 11.8 Å². The Labute approximate surface area is 158 Å². The zero-order valence-corrected chi connectivity index (χ0v) is 16.8. The number of hydrogen-bond acceptors (Lipinski definition) is 6. The second-order valence-electron chi connectivity index (χ2n) is 6.92. The molecule has 2 heterocycles. The third-order valence-electron chi connectivity index (χ3n) is 4.71. The third-order valence-corrected chi connectivity index (χ3v) is 7.68. The van der Waals surface area contributed by atoms with Gasteiger partial charge in [-0.15, -0.1) is 10.2 Å². The molecular weight excluding hydrogens is 370 g/mol. The molecule has 0 bridgehead atoms. The van der Waals surface area contributed by atoms with Crippen LogP contribution in [-0.4, -0.2) is 45.7 Å². The number of ketones is 1. The SMILES string of the molecule is Cc1ccc(C(=O)C(C)Sc2nnc(CC3CCS(=O)(=O)C3)n2C)cc1. The number of hydrogen-bond donors (Lipinski definition) is 0. The lowest BCUT2D eigenvalue weighted by molar-refractivity contribution is 0.0994. The molecule has 1 aliphatic heterocycles. The Kier molecular flexibility index (Phi) is 5.53. The first-order chi connectivity index (χ1) is 12.2. The maximum Gasteiger partial charge on any atom is 0.191 e. The molecule has 1 saturated heterocycles. The Balaban J connectivity index is 1.66. The van der Waals surface area contributed by atoms with Crippen molar-refractivity contribution in [1.29, 1.82) is 0 Å². The minimum atomic E-state index is -2.89. The number of thioether (sulfide) groups is 1. The monoisotopic (exact) mass is 393 g/mol. The standard InChI is InChI=1S/C18H23N3O3S2/c1-12-4-6-15(7-5-12)17(22)13(2)25-18-20-19-16(21(18)3)10-14-8-9-26(23,24)11-14/h4-7,13-14H,8-11H2,1-3H3. The van der Waals surface area contributed by atoms with E-state index in [2.05, 4.69) is 10.2 Å². The Morgan fingerprint density at radius 2 is 2.00 bits per heavy atom. The van der Waals surface area contributed by atoms with Gasteiger partial charge in [-0.05, 0) is 26.2 Å². The van der Waals surface area contributed by atoms with Crippen molar-refractivity contribution in [2.45, 2.75) is 37.1 Å². The van der Waals surface area contributed by atoms with Gasteiger partial charge in [-0.2, -0.15) is 0 Å². The number of aromatic nitrogens is 3. The van der Waals surface area contributed by atoms with Crippen molar-refractivity contribution >= 4 is 27.4 Å². The molecule has 8 heteroatoms. The van der Waals surface area contributed by atoms with E-state index in [0.717, 1.165) is 11.4 Å². The molecule has 2 atom stereocenters. The summed E-state index contributed by atoms with van der Waals surface area (Å²) in [5, 5.41) is 8.81. The zero-order chi connectivity index (χ0) is 18.9. The Hall–Kier alpha value is -1.67. The average molecular weight is 394 g/mol. The molecule has 0 saturated carbocycles. The quantitative estimate of drug-likeness (QED) is 0.554. The highest BCUT2D eigenvalue weighted by Crippen LogP contribution is 2.27. The summed E-state index contributed by atoms with van der Waals surface area (Å²) in [6, 6.07) is 7.55. The van der Waals surface area contributed by atoms with Gasteiger partial charge in [0.1, 0.15) is 5.82 Å². The summed E-state index contributed by atoms with van der Waals surface area (Å²) in [6.45, 7) is 3.86. The number of sulfone groups is 1. The topological polar surface area (TPSA) is 81.9 Å². The van der Waals surface area contributed by atoms with Crippen LogP contribution in [0, 0.1) is 12.8 Å². The maximum absolute atomic E-state index is 12.6. The number of Topliss-reactive ketones (excluding diaryl/α,β-unsaturated/α-hetero) is 1. The van der Waals surface area contributed by atoms with E-state index in [9.17, 15) is 13.2 Å². The first-order valence-electron chi connectivity index (χ1n) is 8.61. The van der Waals surface area contributed by atoms with Gasteiger partial charge in [0.25, 0.3) is 0 Å². The van der Waals surface area contributed by atoms with Crippen molar-refractivity contribution in [3.05, 3.63) is 41.2 Å². The summed E-state index contributed by atoms with van der Waals surface area (Å²) in [7, 11) is -1.03. The highest BCUT2D eigenvalue weighted by atomic mass is 32.2. The molecule has 0 radical (unpaired) electrons.